The second-order valence-corrected chi connectivity index (χ2v) is 6.11. The van der Waals surface area contributed by atoms with Crippen LogP contribution in [0, 0.1) is 13.8 Å². The van der Waals surface area contributed by atoms with Gasteiger partial charge in [-0.05, 0) is 19.4 Å². The predicted molar refractivity (Wildman–Crippen MR) is 78.8 cm³/mol. The summed E-state index contributed by atoms with van der Waals surface area (Å²) in [7, 11) is 1.52. The van der Waals surface area contributed by atoms with Gasteiger partial charge in [0.2, 0.25) is 12.1 Å². The first-order valence-electron chi connectivity index (χ1n) is 6.67. The Labute approximate surface area is 134 Å². The summed E-state index contributed by atoms with van der Waals surface area (Å²) in [5.74, 6) is 0.639. The number of ether oxygens (including phenoxy) is 2. The van der Waals surface area contributed by atoms with Gasteiger partial charge in [0.15, 0.2) is 0 Å². The minimum absolute atomic E-state index is 0.000425. The normalized spacial score (nSPS) is 13.0. The molecule has 1 heterocycles. The maximum absolute atomic E-state index is 13.3. The number of hydrogen-bond acceptors (Lipinski definition) is 4. The highest BCUT2D eigenvalue weighted by Gasteiger charge is 2.43. The molecule has 23 heavy (non-hydrogen) atoms. The third-order valence-electron chi connectivity index (χ3n) is 3.14. The van der Waals surface area contributed by atoms with Gasteiger partial charge in [-0.25, -0.2) is 9.37 Å². The van der Waals surface area contributed by atoms with Crippen molar-refractivity contribution in [1.29, 1.82) is 0 Å². The predicted octanol–water partition coefficient (Wildman–Crippen LogP) is 4.92. The fourth-order valence-electron chi connectivity index (χ4n) is 2.05. The molecule has 0 saturated carbocycles. The van der Waals surface area contributed by atoms with Crippen LogP contribution >= 0.6 is 11.3 Å². The number of aryl methyl sites for hydroxylation is 2. The van der Waals surface area contributed by atoms with Crippen LogP contribution in [-0.2, 0) is 6.61 Å². The molecule has 0 bridgehead atoms. The van der Waals surface area contributed by atoms with Gasteiger partial charge in [0, 0.05) is 5.56 Å². The molecule has 8 heteroatoms. The molecule has 1 aromatic heterocycles. The van der Waals surface area contributed by atoms with Gasteiger partial charge < -0.3 is 9.47 Å². The first-order chi connectivity index (χ1) is 10.7. The van der Waals surface area contributed by atoms with E-state index in [9.17, 15) is 17.6 Å². The molecule has 0 aliphatic heterocycles. The molecule has 3 nitrogen and oxygen atoms in total. The Kier molecular flexibility index (Phi) is 5.13. The number of aromatic nitrogens is 1. The van der Waals surface area contributed by atoms with Gasteiger partial charge in [-0.3, -0.25) is 0 Å². The number of hydrogen-bond donors (Lipinski definition) is 0. The van der Waals surface area contributed by atoms with Gasteiger partial charge in [0.05, 0.1) is 12.0 Å². The molecule has 0 amide bonds. The van der Waals surface area contributed by atoms with E-state index in [0.717, 1.165) is 11.1 Å². The van der Waals surface area contributed by atoms with E-state index in [2.05, 4.69) is 4.98 Å². The van der Waals surface area contributed by atoms with Crippen molar-refractivity contribution in [2.75, 3.05) is 7.11 Å². The summed E-state index contributed by atoms with van der Waals surface area (Å²) >= 11 is 0.635. The molecule has 0 saturated heterocycles. The Morgan fingerprint density at radius 1 is 1.26 bits per heavy atom. The standard InChI is InChI=1S/C15H15F4NO2S/c1-8-5-4-6-10(11(8)21-3)7-22-13-9(2)23-14(20-13)12(16)15(17,18)19/h4-6,12H,7H2,1-3H3. The second-order valence-electron chi connectivity index (χ2n) is 4.87. The van der Waals surface area contributed by atoms with Crippen LogP contribution in [0.4, 0.5) is 17.6 Å². The monoisotopic (exact) mass is 349 g/mol. The summed E-state index contributed by atoms with van der Waals surface area (Å²) in [6, 6.07) is 5.46. The van der Waals surface area contributed by atoms with E-state index in [4.69, 9.17) is 9.47 Å². The second kappa shape index (κ2) is 6.74. The van der Waals surface area contributed by atoms with E-state index >= 15 is 0 Å². The van der Waals surface area contributed by atoms with Gasteiger partial charge in [0.1, 0.15) is 17.4 Å². The number of benzene rings is 1. The topological polar surface area (TPSA) is 31.4 Å². The van der Waals surface area contributed by atoms with Crippen LogP contribution in [-0.4, -0.2) is 18.3 Å². The molecule has 0 aliphatic carbocycles. The van der Waals surface area contributed by atoms with Crippen molar-refractivity contribution in [1.82, 2.24) is 4.98 Å². The van der Waals surface area contributed by atoms with Crippen LogP contribution < -0.4 is 9.47 Å². The van der Waals surface area contributed by atoms with Crippen molar-refractivity contribution in [3.05, 3.63) is 39.2 Å². The number of rotatable bonds is 5. The van der Waals surface area contributed by atoms with Crippen molar-refractivity contribution in [2.45, 2.75) is 32.8 Å². The fourth-order valence-corrected chi connectivity index (χ4v) is 2.92. The molecule has 0 N–H and O–H groups in total. The van der Waals surface area contributed by atoms with Crippen molar-refractivity contribution in [3.8, 4) is 11.6 Å². The Morgan fingerprint density at radius 3 is 2.57 bits per heavy atom. The van der Waals surface area contributed by atoms with Crippen LogP contribution in [0.2, 0.25) is 0 Å². The molecule has 1 atom stereocenters. The summed E-state index contributed by atoms with van der Waals surface area (Å²) in [5, 5.41) is -0.652. The van der Waals surface area contributed by atoms with Crippen LogP contribution in [0.1, 0.15) is 27.2 Å². The number of thiazole rings is 1. The van der Waals surface area contributed by atoms with Crippen molar-refractivity contribution >= 4 is 11.3 Å². The van der Waals surface area contributed by atoms with Crippen molar-refractivity contribution in [3.63, 3.8) is 0 Å². The number of para-hydroxylation sites is 1. The highest BCUT2D eigenvalue weighted by Crippen LogP contribution is 2.40. The van der Waals surface area contributed by atoms with E-state index in [1.54, 1.807) is 6.07 Å². The fraction of sp³-hybridized carbons (Fsp3) is 0.400. The summed E-state index contributed by atoms with van der Waals surface area (Å²) in [4.78, 5) is 4.02. The van der Waals surface area contributed by atoms with Gasteiger partial charge in [-0.15, -0.1) is 11.3 Å². The molecule has 0 aliphatic rings. The highest BCUT2D eigenvalue weighted by molar-refractivity contribution is 7.11. The Hall–Kier alpha value is -1.83. The third kappa shape index (κ3) is 3.93. The lowest BCUT2D eigenvalue weighted by molar-refractivity contribution is -0.182. The molecule has 2 rings (SSSR count). The maximum atomic E-state index is 13.3. The average Bonchev–Trinajstić information content (AvgIpc) is 2.84. The number of methoxy groups -OCH3 is 1. The minimum atomic E-state index is -4.97. The quantitative estimate of drug-likeness (QED) is 0.718. The summed E-state index contributed by atoms with van der Waals surface area (Å²) < 4.78 is 61.3. The smallest absolute Gasteiger partial charge is 0.426 e. The largest absolute Gasteiger partial charge is 0.496 e. The number of nitrogens with zero attached hydrogens (tertiary/aromatic N) is 1. The zero-order valence-corrected chi connectivity index (χ0v) is 13.5. The Balaban J connectivity index is 2.16. The van der Waals surface area contributed by atoms with E-state index in [0.29, 0.717) is 22.0 Å². The zero-order chi connectivity index (χ0) is 17.2. The molecular weight excluding hydrogens is 334 g/mol. The molecule has 2 aromatic rings. The van der Waals surface area contributed by atoms with Gasteiger partial charge in [0.25, 0.3) is 0 Å². The molecule has 0 spiro atoms. The SMILES string of the molecule is COc1c(C)cccc1COc1nc(C(F)C(F)(F)F)sc1C. The summed E-state index contributed by atoms with van der Waals surface area (Å²) in [6.45, 7) is 3.47. The van der Waals surface area contributed by atoms with Crippen molar-refractivity contribution in [2.24, 2.45) is 0 Å². The van der Waals surface area contributed by atoms with Crippen LogP contribution in [0.5, 0.6) is 11.6 Å². The van der Waals surface area contributed by atoms with E-state index in [1.807, 2.05) is 19.1 Å². The lowest BCUT2D eigenvalue weighted by Crippen LogP contribution is -2.16. The Morgan fingerprint density at radius 2 is 1.96 bits per heavy atom. The lowest BCUT2D eigenvalue weighted by atomic mass is 10.1. The first kappa shape index (κ1) is 17.5. The van der Waals surface area contributed by atoms with E-state index in [1.165, 1.54) is 14.0 Å². The van der Waals surface area contributed by atoms with Crippen LogP contribution in [0.15, 0.2) is 18.2 Å². The summed E-state index contributed by atoms with van der Waals surface area (Å²) in [5.41, 5.74) is 1.64. The van der Waals surface area contributed by atoms with Gasteiger partial charge in [-0.1, -0.05) is 18.2 Å². The molecule has 1 aromatic carbocycles. The lowest BCUT2D eigenvalue weighted by Gasteiger charge is -2.11. The molecule has 0 fully saturated rings. The zero-order valence-electron chi connectivity index (χ0n) is 12.7. The number of halogens is 4. The van der Waals surface area contributed by atoms with Crippen LogP contribution in [0.3, 0.4) is 0 Å². The minimum Gasteiger partial charge on any atom is -0.496 e. The summed E-state index contributed by atoms with van der Waals surface area (Å²) in [6.07, 6.45) is -8.07. The van der Waals surface area contributed by atoms with E-state index < -0.39 is 17.4 Å². The van der Waals surface area contributed by atoms with E-state index in [-0.39, 0.29) is 12.5 Å². The first-order valence-corrected chi connectivity index (χ1v) is 7.49. The van der Waals surface area contributed by atoms with Gasteiger partial charge in [-0.2, -0.15) is 13.2 Å². The number of alkyl halides is 4. The molecule has 1 unspecified atom stereocenters. The molecular formula is C15H15F4NO2S. The highest BCUT2D eigenvalue weighted by atomic mass is 32.1. The average molecular weight is 349 g/mol. The Bertz CT molecular complexity index is 685. The maximum Gasteiger partial charge on any atom is 0.426 e. The van der Waals surface area contributed by atoms with Gasteiger partial charge >= 0.3 is 6.18 Å². The van der Waals surface area contributed by atoms with Crippen molar-refractivity contribution < 1.29 is 27.0 Å². The molecule has 0 radical (unpaired) electrons. The van der Waals surface area contributed by atoms with Crippen LogP contribution in [0.25, 0.3) is 0 Å². The third-order valence-corrected chi connectivity index (χ3v) is 4.12. The molecule has 126 valence electrons.